The molecular weight excluding hydrogens is 222 g/mol. The fraction of sp³-hybridized carbons (Fsp3) is 0.417. The highest BCUT2D eigenvalue weighted by molar-refractivity contribution is 5.85. The van der Waals surface area contributed by atoms with Gasteiger partial charge in [-0.1, -0.05) is 0 Å². The predicted molar refractivity (Wildman–Crippen MR) is 63.1 cm³/mol. The largest absolute Gasteiger partial charge is 0.496 e. The van der Waals surface area contributed by atoms with Crippen LogP contribution in [-0.4, -0.2) is 38.4 Å². The van der Waals surface area contributed by atoms with Crippen LogP contribution in [0.15, 0.2) is 12.1 Å². The van der Waals surface area contributed by atoms with Crippen LogP contribution in [0.3, 0.4) is 0 Å². The zero-order valence-corrected chi connectivity index (χ0v) is 10.1. The summed E-state index contributed by atoms with van der Waals surface area (Å²) >= 11 is 0. The molecule has 1 aliphatic rings. The third-order valence-electron chi connectivity index (χ3n) is 3.15. The molecule has 5 heteroatoms. The summed E-state index contributed by atoms with van der Waals surface area (Å²) < 4.78 is 10.5. The molecule has 17 heavy (non-hydrogen) atoms. The minimum atomic E-state index is -0.840. The fourth-order valence-electron chi connectivity index (χ4n) is 2.28. The number of aliphatic carboxylic acids is 1. The Labute approximate surface area is 99.6 Å². The zero-order valence-electron chi connectivity index (χ0n) is 10.1. The van der Waals surface area contributed by atoms with Crippen LogP contribution >= 0.6 is 0 Å². The lowest BCUT2D eigenvalue weighted by Gasteiger charge is -2.20. The van der Waals surface area contributed by atoms with E-state index in [0.29, 0.717) is 17.9 Å². The molecule has 0 aromatic heterocycles. The standard InChI is InChI=1S/C12H15NO4/c1-13-8(12(14)15)6-7-9(16-2)4-5-10(17-3)11(7)13/h4-5,8H,6H2,1-3H3,(H,14,15). The van der Waals surface area contributed by atoms with Gasteiger partial charge in [0.2, 0.25) is 0 Å². The van der Waals surface area contributed by atoms with Gasteiger partial charge in [0.05, 0.1) is 19.9 Å². The number of nitrogens with zero attached hydrogens (tertiary/aromatic N) is 1. The Morgan fingerprint density at radius 3 is 2.47 bits per heavy atom. The van der Waals surface area contributed by atoms with E-state index < -0.39 is 12.0 Å². The van der Waals surface area contributed by atoms with Gasteiger partial charge in [0.25, 0.3) is 0 Å². The van der Waals surface area contributed by atoms with E-state index in [1.165, 1.54) is 0 Å². The second kappa shape index (κ2) is 4.16. The molecule has 1 N–H and O–H groups in total. The first-order chi connectivity index (χ1) is 8.10. The van der Waals surface area contributed by atoms with E-state index in [1.807, 2.05) is 0 Å². The molecular formula is C12H15NO4. The lowest BCUT2D eigenvalue weighted by atomic mass is 10.1. The summed E-state index contributed by atoms with van der Waals surface area (Å²) in [6, 6.07) is 3.03. The van der Waals surface area contributed by atoms with Crippen molar-refractivity contribution in [3.8, 4) is 11.5 Å². The van der Waals surface area contributed by atoms with Gasteiger partial charge in [0.15, 0.2) is 0 Å². The Balaban J connectivity index is 2.54. The number of methoxy groups -OCH3 is 2. The average molecular weight is 237 g/mol. The smallest absolute Gasteiger partial charge is 0.326 e. The number of hydrogen-bond donors (Lipinski definition) is 1. The topological polar surface area (TPSA) is 59.0 Å². The second-order valence-electron chi connectivity index (χ2n) is 3.97. The van der Waals surface area contributed by atoms with Crippen molar-refractivity contribution in [3.63, 3.8) is 0 Å². The van der Waals surface area contributed by atoms with Crippen LogP contribution < -0.4 is 14.4 Å². The van der Waals surface area contributed by atoms with Crippen molar-refractivity contribution in [2.24, 2.45) is 0 Å². The lowest BCUT2D eigenvalue weighted by molar-refractivity contribution is -0.138. The van der Waals surface area contributed by atoms with Crippen molar-refractivity contribution in [1.29, 1.82) is 0 Å². The molecule has 0 saturated heterocycles. The van der Waals surface area contributed by atoms with Gasteiger partial charge in [-0.05, 0) is 12.1 Å². The first-order valence-corrected chi connectivity index (χ1v) is 5.29. The molecule has 0 radical (unpaired) electrons. The van der Waals surface area contributed by atoms with Crippen molar-refractivity contribution in [3.05, 3.63) is 17.7 Å². The molecule has 0 bridgehead atoms. The molecule has 1 aromatic rings. The van der Waals surface area contributed by atoms with Crippen molar-refractivity contribution < 1.29 is 19.4 Å². The van der Waals surface area contributed by atoms with Gasteiger partial charge in [0, 0.05) is 19.0 Å². The Kier molecular flexibility index (Phi) is 2.83. The molecule has 5 nitrogen and oxygen atoms in total. The number of benzene rings is 1. The SMILES string of the molecule is COc1ccc(OC)c2c1CC(C(=O)O)N2C. The van der Waals surface area contributed by atoms with Crippen molar-refractivity contribution in [2.45, 2.75) is 12.5 Å². The monoisotopic (exact) mass is 237 g/mol. The number of likely N-dealkylation sites (N-methyl/N-ethyl adjacent to an activating group) is 1. The molecule has 2 rings (SSSR count). The van der Waals surface area contributed by atoms with Crippen molar-refractivity contribution >= 4 is 11.7 Å². The molecule has 1 aromatic carbocycles. The van der Waals surface area contributed by atoms with Gasteiger partial charge in [-0.3, -0.25) is 0 Å². The van der Waals surface area contributed by atoms with E-state index in [0.717, 1.165) is 11.3 Å². The first kappa shape index (κ1) is 11.6. The van der Waals surface area contributed by atoms with E-state index in [1.54, 1.807) is 38.3 Å². The van der Waals surface area contributed by atoms with Crippen LogP contribution in [0.2, 0.25) is 0 Å². The molecule has 0 fully saturated rings. The summed E-state index contributed by atoms with van der Waals surface area (Å²) in [5.74, 6) is 0.538. The number of fused-ring (bicyclic) bond motifs is 1. The first-order valence-electron chi connectivity index (χ1n) is 5.29. The minimum absolute atomic E-state index is 0.432. The number of ether oxygens (including phenoxy) is 2. The normalized spacial score (nSPS) is 17.8. The van der Waals surface area contributed by atoms with Crippen LogP contribution in [0.5, 0.6) is 11.5 Å². The van der Waals surface area contributed by atoms with Gasteiger partial charge >= 0.3 is 5.97 Å². The molecule has 1 atom stereocenters. The number of carboxylic acids is 1. The summed E-state index contributed by atoms with van der Waals surface area (Å²) in [5, 5.41) is 9.16. The Morgan fingerprint density at radius 2 is 1.94 bits per heavy atom. The van der Waals surface area contributed by atoms with Crippen LogP contribution in [0.1, 0.15) is 5.56 Å². The number of hydrogen-bond acceptors (Lipinski definition) is 4. The van der Waals surface area contributed by atoms with E-state index in [9.17, 15) is 4.79 Å². The quantitative estimate of drug-likeness (QED) is 0.854. The van der Waals surface area contributed by atoms with Crippen molar-refractivity contribution in [2.75, 3.05) is 26.2 Å². The molecule has 0 saturated carbocycles. The zero-order chi connectivity index (χ0) is 12.6. The molecule has 0 spiro atoms. The maximum Gasteiger partial charge on any atom is 0.326 e. The highest BCUT2D eigenvalue weighted by Crippen LogP contribution is 2.43. The summed E-state index contributed by atoms with van der Waals surface area (Å²) in [7, 11) is 4.91. The van der Waals surface area contributed by atoms with Crippen LogP contribution in [0.4, 0.5) is 5.69 Å². The molecule has 1 heterocycles. The van der Waals surface area contributed by atoms with Crippen molar-refractivity contribution in [1.82, 2.24) is 0 Å². The Hall–Kier alpha value is -1.91. The Bertz CT molecular complexity index is 458. The summed E-state index contributed by atoms with van der Waals surface area (Å²) in [5.41, 5.74) is 1.70. The fourth-order valence-corrected chi connectivity index (χ4v) is 2.28. The molecule has 1 aliphatic heterocycles. The molecule has 0 amide bonds. The van der Waals surface area contributed by atoms with Gasteiger partial charge < -0.3 is 19.5 Å². The maximum absolute atomic E-state index is 11.2. The van der Waals surface area contributed by atoms with E-state index in [2.05, 4.69) is 0 Å². The summed E-state index contributed by atoms with van der Waals surface area (Å²) in [4.78, 5) is 12.9. The minimum Gasteiger partial charge on any atom is -0.496 e. The number of rotatable bonds is 3. The van der Waals surface area contributed by atoms with E-state index in [4.69, 9.17) is 14.6 Å². The molecule has 92 valence electrons. The number of carbonyl (C=O) groups is 1. The third kappa shape index (κ3) is 1.67. The average Bonchev–Trinajstić information content (AvgIpc) is 2.67. The van der Waals surface area contributed by atoms with Crippen LogP contribution in [0, 0.1) is 0 Å². The van der Waals surface area contributed by atoms with Crippen LogP contribution in [0.25, 0.3) is 0 Å². The third-order valence-corrected chi connectivity index (χ3v) is 3.15. The van der Waals surface area contributed by atoms with E-state index in [-0.39, 0.29) is 0 Å². The van der Waals surface area contributed by atoms with Gasteiger partial charge in [-0.2, -0.15) is 0 Å². The summed E-state index contributed by atoms with van der Waals surface area (Å²) in [6.07, 6.45) is 0.432. The highest BCUT2D eigenvalue weighted by atomic mass is 16.5. The maximum atomic E-state index is 11.2. The van der Waals surface area contributed by atoms with Gasteiger partial charge in [0.1, 0.15) is 17.5 Å². The summed E-state index contributed by atoms with van der Waals surface area (Å²) in [6.45, 7) is 0. The molecule has 1 unspecified atom stereocenters. The molecule has 0 aliphatic carbocycles. The van der Waals surface area contributed by atoms with E-state index >= 15 is 0 Å². The number of anilines is 1. The Morgan fingerprint density at radius 1 is 1.35 bits per heavy atom. The lowest BCUT2D eigenvalue weighted by Crippen LogP contribution is -2.35. The predicted octanol–water partition coefficient (Wildman–Crippen LogP) is 1.15. The second-order valence-corrected chi connectivity index (χ2v) is 3.97. The number of carboxylic acid groups (broad SMARTS) is 1. The van der Waals surface area contributed by atoms with Crippen LogP contribution in [-0.2, 0) is 11.2 Å². The van der Waals surface area contributed by atoms with Gasteiger partial charge in [-0.15, -0.1) is 0 Å². The highest BCUT2D eigenvalue weighted by Gasteiger charge is 2.36. The van der Waals surface area contributed by atoms with Gasteiger partial charge in [-0.25, -0.2) is 4.79 Å².